The number of rotatable bonds is 6. The lowest BCUT2D eigenvalue weighted by Gasteiger charge is -2.62. The SMILES string of the molecule is CC[C@@H](C)CC[C@H]1[C@@H](C)[C@@H](OC(C)=O)[C@@H](OC(N)=O)[C@H]2C(C)(C)CCC[C@]12C. The van der Waals surface area contributed by atoms with Crippen molar-refractivity contribution >= 4 is 12.1 Å². The average Bonchev–Trinajstić information content (AvgIpc) is 2.56. The van der Waals surface area contributed by atoms with Crippen LogP contribution in [0.5, 0.6) is 0 Å². The maximum absolute atomic E-state index is 11.9. The molecule has 162 valence electrons. The first kappa shape index (κ1) is 23.0. The molecule has 0 radical (unpaired) electrons. The summed E-state index contributed by atoms with van der Waals surface area (Å²) < 4.78 is 11.5. The molecule has 0 unspecified atom stereocenters. The Kier molecular flexibility index (Phi) is 7.09. The van der Waals surface area contributed by atoms with Crippen molar-refractivity contribution in [2.75, 3.05) is 0 Å². The first-order chi connectivity index (χ1) is 12.9. The molecule has 2 aliphatic carbocycles. The van der Waals surface area contributed by atoms with Crippen molar-refractivity contribution in [1.82, 2.24) is 0 Å². The normalized spacial score (nSPS) is 38.2. The van der Waals surface area contributed by atoms with Crippen molar-refractivity contribution < 1.29 is 19.1 Å². The van der Waals surface area contributed by atoms with Gasteiger partial charge in [-0.25, -0.2) is 4.79 Å². The van der Waals surface area contributed by atoms with E-state index in [0.29, 0.717) is 11.8 Å². The lowest BCUT2D eigenvalue weighted by atomic mass is 9.44. The standard InChI is InChI=1S/C23H41NO4/c1-8-14(2)10-11-17-15(3)18(27-16(4)25)19(28-21(24)26)20-22(5,6)12-9-13-23(17,20)7/h14-15,17-20H,8-13H2,1-7H3,(H2,24,26)/t14-,15-,17+,18-,19-,20+,23-/m1/s1. The lowest BCUT2D eigenvalue weighted by molar-refractivity contribution is -0.220. The summed E-state index contributed by atoms with van der Waals surface area (Å²) in [5, 5.41) is 0. The Morgan fingerprint density at radius 1 is 1.14 bits per heavy atom. The van der Waals surface area contributed by atoms with E-state index in [9.17, 15) is 9.59 Å². The third kappa shape index (κ3) is 4.49. The molecule has 7 atom stereocenters. The highest BCUT2D eigenvalue weighted by Gasteiger charge is 2.62. The molecule has 28 heavy (non-hydrogen) atoms. The fourth-order valence-electron chi connectivity index (χ4n) is 6.58. The van der Waals surface area contributed by atoms with Gasteiger partial charge in [0.05, 0.1) is 0 Å². The van der Waals surface area contributed by atoms with E-state index in [2.05, 4.69) is 41.5 Å². The molecule has 5 heteroatoms. The largest absolute Gasteiger partial charge is 0.458 e. The molecule has 0 saturated heterocycles. The fraction of sp³-hybridized carbons (Fsp3) is 0.913. The van der Waals surface area contributed by atoms with Gasteiger partial charge in [0.2, 0.25) is 0 Å². The van der Waals surface area contributed by atoms with Crippen molar-refractivity contribution in [3.8, 4) is 0 Å². The molecule has 0 heterocycles. The van der Waals surface area contributed by atoms with E-state index >= 15 is 0 Å². The van der Waals surface area contributed by atoms with Crippen LogP contribution in [0.4, 0.5) is 4.79 Å². The number of fused-ring (bicyclic) bond motifs is 1. The molecule has 2 aliphatic rings. The number of carbonyl (C=O) groups excluding carboxylic acids is 2. The number of esters is 1. The van der Waals surface area contributed by atoms with Gasteiger partial charge in [0.15, 0.2) is 0 Å². The highest BCUT2D eigenvalue weighted by Crippen LogP contribution is 2.63. The topological polar surface area (TPSA) is 78.6 Å². The van der Waals surface area contributed by atoms with E-state index in [1.807, 2.05) is 0 Å². The Balaban J connectivity index is 2.50. The Morgan fingerprint density at radius 3 is 2.32 bits per heavy atom. The smallest absolute Gasteiger partial charge is 0.404 e. The van der Waals surface area contributed by atoms with Crippen LogP contribution in [0.15, 0.2) is 0 Å². The van der Waals surface area contributed by atoms with E-state index in [4.69, 9.17) is 15.2 Å². The van der Waals surface area contributed by atoms with Crippen molar-refractivity contribution in [2.24, 2.45) is 40.2 Å². The molecule has 2 fully saturated rings. The number of amides is 1. The molecule has 2 N–H and O–H groups in total. The summed E-state index contributed by atoms with van der Waals surface area (Å²) in [6, 6.07) is 0. The van der Waals surface area contributed by atoms with E-state index in [0.717, 1.165) is 19.3 Å². The summed E-state index contributed by atoms with van der Waals surface area (Å²) in [5.74, 6) is 1.00. The average molecular weight is 396 g/mol. The second-order valence-electron chi connectivity index (χ2n) is 10.4. The molecule has 1 amide bonds. The van der Waals surface area contributed by atoms with Crippen LogP contribution in [0.3, 0.4) is 0 Å². The zero-order valence-electron chi connectivity index (χ0n) is 18.9. The molecule has 0 aromatic heterocycles. The number of carbonyl (C=O) groups is 2. The highest BCUT2D eigenvalue weighted by atomic mass is 16.6. The van der Waals surface area contributed by atoms with Gasteiger partial charge in [-0.2, -0.15) is 0 Å². The summed E-state index contributed by atoms with van der Waals surface area (Å²) in [6.07, 6.45) is 5.10. The summed E-state index contributed by atoms with van der Waals surface area (Å²) in [5.41, 5.74) is 5.48. The predicted molar refractivity (Wildman–Crippen MR) is 111 cm³/mol. The van der Waals surface area contributed by atoms with Crippen LogP contribution >= 0.6 is 0 Å². The molecule has 2 saturated carbocycles. The minimum atomic E-state index is -0.781. The molecule has 0 spiro atoms. The summed E-state index contributed by atoms with van der Waals surface area (Å²) in [6.45, 7) is 15.0. The fourth-order valence-corrected chi connectivity index (χ4v) is 6.58. The van der Waals surface area contributed by atoms with Crippen LogP contribution < -0.4 is 5.73 Å². The van der Waals surface area contributed by atoms with Crippen LogP contribution in [0.2, 0.25) is 0 Å². The molecule has 5 nitrogen and oxygen atoms in total. The predicted octanol–water partition coefficient (Wildman–Crippen LogP) is 5.31. The summed E-state index contributed by atoms with van der Waals surface area (Å²) in [4.78, 5) is 23.7. The van der Waals surface area contributed by atoms with E-state index in [-0.39, 0.29) is 28.6 Å². The number of ether oxygens (including phenoxy) is 2. The third-order valence-electron chi connectivity index (χ3n) is 7.96. The van der Waals surface area contributed by atoms with Gasteiger partial charge in [0.1, 0.15) is 12.2 Å². The maximum atomic E-state index is 11.9. The molecular weight excluding hydrogens is 354 g/mol. The van der Waals surface area contributed by atoms with Crippen molar-refractivity contribution in [1.29, 1.82) is 0 Å². The van der Waals surface area contributed by atoms with E-state index in [1.165, 1.54) is 26.2 Å². The molecule has 0 aromatic rings. The zero-order valence-corrected chi connectivity index (χ0v) is 18.9. The number of hydrogen-bond acceptors (Lipinski definition) is 4. The highest BCUT2D eigenvalue weighted by molar-refractivity contribution is 5.67. The Labute approximate surface area is 171 Å². The van der Waals surface area contributed by atoms with E-state index in [1.54, 1.807) is 0 Å². The minimum absolute atomic E-state index is 0.0136. The van der Waals surface area contributed by atoms with Crippen molar-refractivity contribution in [3.05, 3.63) is 0 Å². The Bertz CT molecular complexity index is 575. The lowest BCUT2D eigenvalue weighted by Crippen LogP contribution is -2.64. The quantitative estimate of drug-likeness (QED) is 0.618. The molecule has 2 rings (SSSR count). The minimum Gasteiger partial charge on any atom is -0.458 e. The van der Waals surface area contributed by atoms with Gasteiger partial charge in [0.25, 0.3) is 0 Å². The Hall–Kier alpha value is -1.26. The van der Waals surface area contributed by atoms with Crippen LogP contribution in [0.1, 0.15) is 87.0 Å². The molecule has 0 bridgehead atoms. The first-order valence-electron chi connectivity index (χ1n) is 11.1. The second kappa shape index (κ2) is 8.62. The summed E-state index contributed by atoms with van der Waals surface area (Å²) >= 11 is 0. The zero-order chi connectivity index (χ0) is 21.3. The monoisotopic (exact) mass is 395 g/mol. The molecule has 0 aromatic carbocycles. The molecular formula is C23H41NO4. The van der Waals surface area contributed by atoms with Crippen molar-refractivity contribution in [2.45, 2.75) is 99.2 Å². The van der Waals surface area contributed by atoms with Gasteiger partial charge in [-0.3, -0.25) is 4.79 Å². The first-order valence-corrected chi connectivity index (χ1v) is 11.1. The van der Waals surface area contributed by atoms with Crippen LogP contribution in [-0.4, -0.2) is 24.3 Å². The van der Waals surface area contributed by atoms with Crippen LogP contribution in [-0.2, 0) is 14.3 Å². The van der Waals surface area contributed by atoms with Gasteiger partial charge in [-0.1, -0.05) is 60.8 Å². The van der Waals surface area contributed by atoms with Crippen LogP contribution in [0.25, 0.3) is 0 Å². The van der Waals surface area contributed by atoms with Gasteiger partial charge < -0.3 is 15.2 Å². The number of hydrogen-bond donors (Lipinski definition) is 1. The number of nitrogens with two attached hydrogens (primary N) is 1. The second-order valence-corrected chi connectivity index (χ2v) is 10.4. The van der Waals surface area contributed by atoms with Crippen LogP contribution in [0, 0.1) is 34.5 Å². The van der Waals surface area contributed by atoms with Gasteiger partial charge in [-0.05, 0) is 41.9 Å². The Morgan fingerprint density at radius 2 is 1.79 bits per heavy atom. The maximum Gasteiger partial charge on any atom is 0.404 e. The van der Waals surface area contributed by atoms with Gasteiger partial charge in [0, 0.05) is 18.8 Å². The van der Waals surface area contributed by atoms with E-state index < -0.39 is 18.3 Å². The van der Waals surface area contributed by atoms with Gasteiger partial charge in [-0.15, -0.1) is 0 Å². The van der Waals surface area contributed by atoms with Crippen molar-refractivity contribution in [3.63, 3.8) is 0 Å². The van der Waals surface area contributed by atoms with Gasteiger partial charge >= 0.3 is 12.1 Å². The number of primary amides is 1. The third-order valence-corrected chi connectivity index (χ3v) is 7.96. The molecule has 0 aliphatic heterocycles. The summed E-state index contributed by atoms with van der Waals surface area (Å²) in [7, 11) is 0.